The number of hydrogen-bond donors (Lipinski definition) is 1. The Morgan fingerprint density at radius 2 is 1.79 bits per heavy atom. The van der Waals surface area contributed by atoms with Gasteiger partial charge in [0.2, 0.25) is 0 Å². The van der Waals surface area contributed by atoms with E-state index in [1.165, 1.54) is 17.3 Å². The smallest absolute Gasteiger partial charge is 0.250 e. The van der Waals surface area contributed by atoms with Gasteiger partial charge in [-0.2, -0.15) is 5.10 Å². The van der Waals surface area contributed by atoms with E-state index >= 15 is 0 Å². The van der Waals surface area contributed by atoms with Crippen molar-refractivity contribution >= 4 is 35.5 Å². The number of nitrogens with zero attached hydrogens (tertiary/aromatic N) is 5. The number of halogens is 1. The molecule has 1 amide bonds. The van der Waals surface area contributed by atoms with E-state index < -0.39 is 0 Å². The zero-order valence-electron chi connectivity index (χ0n) is 17.9. The van der Waals surface area contributed by atoms with Gasteiger partial charge in [-0.05, 0) is 53.9 Å². The molecule has 0 spiro atoms. The summed E-state index contributed by atoms with van der Waals surface area (Å²) in [7, 11) is 0. The van der Waals surface area contributed by atoms with Gasteiger partial charge in [0.15, 0.2) is 11.0 Å². The molecule has 0 aliphatic carbocycles. The Hall–Kier alpha value is -3.49. The van der Waals surface area contributed by atoms with E-state index in [0.717, 1.165) is 23.2 Å². The standard InChI is InChI=1S/C24H21ClN6OS/c1-2-17-3-5-18(6-4-17)15-27-28-22(32)16-33-24-30-29-23(19-11-13-26-14-12-19)31(24)21-9-7-20(25)8-10-21/h3-15H,2,16H2,1H3,(H,28,32). The Kier molecular flexibility index (Phi) is 7.49. The summed E-state index contributed by atoms with van der Waals surface area (Å²) in [5, 5.41) is 13.9. The number of aryl methyl sites for hydroxylation is 1. The lowest BCUT2D eigenvalue weighted by Crippen LogP contribution is -2.20. The van der Waals surface area contributed by atoms with Crippen molar-refractivity contribution in [1.82, 2.24) is 25.2 Å². The maximum absolute atomic E-state index is 12.3. The summed E-state index contributed by atoms with van der Waals surface area (Å²) in [5.41, 5.74) is 6.44. The van der Waals surface area contributed by atoms with E-state index in [-0.39, 0.29) is 11.7 Å². The number of benzene rings is 2. The number of aromatic nitrogens is 4. The minimum Gasteiger partial charge on any atom is -0.272 e. The molecule has 4 rings (SSSR count). The second-order valence-electron chi connectivity index (χ2n) is 7.03. The highest BCUT2D eigenvalue weighted by molar-refractivity contribution is 7.99. The summed E-state index contributed by atoms with van der Waals surface area (Å²) in [6.07, 6.45) is 6.00. The Bertz CT molecular complexity index is 1240. The first-order valence-electron chi connectivity index (χ1n) is 10.3. The van der Waals surface area contributed by atoms with Gasteiger partial charge in [0.1, 0.15) is 0 Å². The third-order valence-corrected chi connectivity index (χ3v) is 5.96. The van der Waals surface area contributed by atoms with Crippen molar-refractivity contribution in [1.29, 1.82) is 0 Å². The fraction of sp³-hybridized carbons (Fsp3) is 0.125. The number of hydrogen-bond acceptors (Lipinski definition) is 6. The average molecular weight is 477 g/mol. The van der Waals surface area contributed by atoms with Crippen molar-refractivity contribution in [3.63, 3.8) is 0 Å². The molecule has 0 bridgehead atoms. The summed E-state index contributed by atoms with van der Waals surface area (Å²) in [6, 6.07) is 19.1. The molecule has 0 radical (unpaired) electrons. The van der Waals surface area contributed by atoms with Crippen molar-refractivity contribution in [3.8, 4) is 17.1 Å². The molecule has 0 unspecified atom stereocenters. The van der Waals surface area contributed by atoms with Crippen LogP contribution in [0, 0.1) is 0 Å². The van der Waals surface area contributed by atoms with Crippen LogP contribution in [0.3, 0.4) is 0 Å². The van der Waals surface area contributed by atoms with Crippen LogP contribution < -0.4 is 5.43 Å². The Morgan fingerprint density at radius 1 is 1.06 bits per heavy atom. The molecule has 2 aromatic heterocycles. The van der Waals surface area contributed by atoms with Gasteiger partial charge in [0.05, 0.1) is 12.0 Å². The minimum absolute atomic E-state index is 0.133. The lowest BCUT2D eigenvalue weighted by molar-refractivity contribution is -0.118. The molecular formula is C24H21ClN6OS. The Labute approximate surface area is 200 Å². The molecule has 2 heterocycles. The molecule has 0 aliphatic heterocycles. The lowest BCUT2D eigenvalue weighted by atomic mass is 10.1. The number of amides is 1. The highest BCUT2D eigenvalue weighted by atomic mass is 35.5. The van der Waals surface area contributed by atoms with Crippen LogP contribution >= 0.6 is 23.4 Å². The average Bonchev–Trinajstić information content (AvgIpc) is 3.28. The number of thioether (sulfide) groups is 1. The predicted molar refractivity (Wildman–Crippen MR) is 132 cm³/mol. The molecule has 0 fully saturated rings. The first-order chi connectivity index (χ1) is 16.1. The van der Waals surface area contributed by atoms with Crippen LogP contribution in [0.1, 0.15) is 18.1 Å². The molecule has 2 aromatic carbocycles. The molecule has 9 heteroatoms. The SMILES string of the molecule is CCc1ccc(C=NNC(=O)CSc2nnc(-c3ccncc3)n2-c2ccc(Cl)cc2)cc1. The monoisotopic (exact) mass is 476 g/mol. The fourth-order valence-corrected chi connectivity index (χ4v) is 3.93. The normalized spacial score (nSPS) is 11.1. The van der Waals surface area contributed by atoms with E-state index in [9.17, 15) is 4.79 Å². The van der Waals surface area contributed by atoms with Gasteiger partial charge in [-0.15, -0.1) is 10.2 Å². The molecule has 0 aliphatic rings. The Morgan fingerprint density at radius 3 is 2.48 bits per heavy atom. The van der Waals surface area contributed by atoms with Crippen molar-refractivity contribution in [3.05, 3.63) is 89.2 Å². The number of carbonyl (C=O) groups excluding carboxylic acids is 1. The van der Waals surface area contributed by atoms with Crippen molar-refractivity contribution < 1.29 is 4.79 Å². The summed E-state index contributed by atoms with van der Waals surface area (Å²) < 4.78 is 1.89. The highest BCUT2D eigenvalue weighted by Crippen LogP contribution is 2.28. The predicted octanol–water partition coefficient (Wildman–Crippen LogP) is 4.79. The number of nitrogens with one attached hydrogen (secondary N) is 1. The lowest BCUT2D eigenvalue weighted by Gasteiger charge is -2.10. The topological polar surface area (TPSA) is 85.1 Å². The second kappa shape index (κ2) is 10.9. The van der Waals surface area contributed by atoms with Crippen LogP contribution in [0.2, 0.25) is 5.02 Å². The molecule has 166 valence electrons. The molecule has 7 nitrogen and oxygen atoms in total. The van der Waals surface area contributed by atoms with E-state index in [0.29, 0.717) is 16.0 Å². The largest absolute Gasteiger partial charge is 0.272 e. The van der Waals surface area contributed by atoms with E-state index in [2.05, 4.69) is 32.6 Å². The molecule has 0 atom stereocenters. The van der Waals surface area contributed by atoms with Crippen LogP contribution in [0.25, 0.3) is 17.1 Å². The van der Waals surface area contributed by atoms with Crippen molar-refractivity contribution in [2.45, 2.75) is 18.5 Å². The maximum atomic E-state index is 12.3. The van der Waals surface area contributed by atoms with Crippen LogP contribution in [0.15, 0.2) is 83.3 Å². The third kappa shape index (κ3) is 5.85. The maximum Gasteiger partial charge on any atom is 0.250 e. The summed E-state index contributed by atoms with van der Waals surface area (Å²) >= 11 is 7.34. The zero-order valence-corrected chi connectivity index (χ0v) is 19.4. The molecule has 4 aromatic rings. The van der Waals surface area contributed by atoms with Crippen LogP contribution in [-0.4, -0.2) is 37.6 Å². The Balaban J connectivity index is 1.47. The molecule has 1 N–H and O–H groups in total. The van der Waals surface area contributed by atoms with E-state index in [1.807, 2.05) is 53.1 Å². The van der Waals surface area contributed by atoms with Gasteiger partial charge in [0, 0.05) is 28.7 Å². The number of rotatable bonds is 8. The van der Waals surface area contributed by atoms with Crippen molar-refractivity contribution in [2.75, 3.05) is 5.75 Å². The molecule has 0 saturated carbocycles. The number of hydrazone groups is 1. The van der Waals surface area contributed by atoms with Gasteiger partial charge in [-0.25, -0.2) is 5.43 Å². The zero-order chi connectivity index (χ0) is 23.0. The van der Waals surface area contributed by atoms with Gasteiger partial charge in [-0.3, -0.25) is 14.3 Å². The van der Waals surface area contributed by atoms with Crippen LogP contribution in [0.4, 0.5) is 0 Å². The van der Waals surface area contributed by atoms with E-state index in [4.69, 9.17) is 11.6 Å². The molecule has 33 heavy (non-hydrogen) atoms. The summed E-state index contributed by atoms with van der Waals surface area (Å²) in [5.74, 6) is 0.544. The van der Waals surface area contributed by atoms with E-state index in [1.54, 1.807) is 30.7 Å². The van der Waals surface area contributed by atoms with Gasteiger partial charge in [0.25, 0.3) is 5.91 Å². The first-order valence-corrected chi connectivity index (χ1v) is 11.7. The number of carbonyl (C=O) groups is 1. The summed E-state index contributed by atoms with van der Waals surface area (Å²) in [4.78, 5) is 16.4. The highest BCUT2D eigenvalue weighted by Gasteiger charge is 2.17. The second-order valence-corrected chi connectivity index (χ2v) is 8.41. The van der Waals surface area contributed by atoms with Gasteiger partial charge < -0.3 is 0 Å². The minimum atomic E-state index is -0.238. The van der Waals surface area contributed by atoms with Crippen LogP contribution in [0.5, 0.6) is 0 Å². The molecule has 0 saturated heterocycles. The molecular weight excluding hydrogens is 456 g/mol. The van der Waals surface area contributed by atoms with Gasteiger partial charge >= 0.3 is 0 Å². The fourth-order valence-electron chi connectivity index (χ4n) is 3.05. The van der Waals surface area contributed by atoms with Crippen LogP contribution in [-0.2, 0) is 11.2 Å². The quantitative estimate of drug-likeness (QED) is 0.224. The van der Waals surface area contributed by atoms with Crippen molar-refractivity contribution in [2.24, 2.45) is 5.10 Å². The first kappa shape index (κ1) is 22.7. The summed E-state index contributed by atoms with van der Waals surface area (Å²) in [6.45, 7) is 2.11. The van der Waals surface area contributed by atoms with Gasteiger partial charge in [-0.1, -0.05) is 54.6 Å². The third-order valence-electron chi connectivity index (χ3n) is 4.78. The number of pyridine rings is 1.